The summed E-state index contributed by atoms with van der Waals surface area (Å²) in [5.41, 5.74) is 5.31. The number of methoxy groups -OCH3 is 1. The molecule has 4 nitrogen and oxygen atoms in total. The number of carbonyl (C=O) groups is 1. The van der Waals surface area contributed by atoms with Crippen LogP contribution in [-0.2, 0) is 11.3 Å². The SMILES string of the molecule is COC(=O)c1ccccc1-c1ccc(COc2cc(C)nc(C)c2)cc1. The molecule has 132 valence electrons. The normalized spacial score (nSPS) is 10.4. The summed E-state index contributed by atoms with van der Waals surface area (Å²) in [7, 11) is 1.39. The van der Waals surface area contributed by atoms with Gasteiger partial charge in [0, 0.05) is 23.5 Å². The Hall–Kier alpha value is -3.14. The van der Waals surface area contributed by atoms with Crippen LogP contribution in [0.15, 0.2) is 60.7 Å². The van der Waals surface area contributed by atoms with Crippen LogP contribution in [-0.4, -0.2) is 18.1 Å². The maximum absolute atomic E-state index is 11.9. The molecule has 3 aromatic rings. The molecule has 0 atom stereocenters. The standard InChI is InChI=1S/C22H21NO3/c1-15-12-19(13-16(2)23-15)26-14-17-8-10-18(11-9-17)20-6-4-5-7-21(20)22(24)25-3/h4-13H,14H2,1-3H3. The maximum atomic E-state index is 11.9. The lowest BCUT2D eigenvalue weighted by Crippen LogP contribution is -2.03. The van der Waals surface area contributed by atoms with Crippen LogP contribution in [0.4, 0.5) is 0 Å². The average Bonchev–Trinajstić information content (AvgIpc) is 2.65. The van der Waals surface area contributed by atoms with Crippen LogP contribution < -0.4 is 4.74 Å². The Morgan fingerprint density at radius 1 is 0.962 bits per heavy atom. The number of nitrogens with zero attached hydrogens (tertiary/aromatic N) is 1. The van der Waals surface area contributed by atoms with Crippen molar-refractivity contribution in [2.75, 3.05) is 7.11 Å². The van der Waals surface area contributed by atoms with Crippen molar-refractivity contribution in [3.05, 3.63) is 83.2 Å². The first-order valence-corrected chi connectivity index (χ1v) is 8.41. The molecule has 0 aliphatic rings. The number of benzene rings is 2. The first-order valence-electron chi connectivity index (χ1n) is 8.41. The summed E-state index contributed by atoms with van der Waals surface area (Å²) >= 11 is 0. The van der Waals surface area contributed by atoms with Gasteiger partial charge in [-0.2, -0.15) is 0 Å². The zero-order valence-corrected chi connectivity index (χ0v) is 15.2. The summed E-state index contributed by atoms with van der Waals surface area (Å²) < 4.78 is 10.7. The minimum Gasteiger partial charge on any atom is -0.489 e. The first kappa shape index (κ1) is 17.7. The second-order valence-electron chi connectivity index (χ2n) is 6.11. The highest BCUT2D eigenvalue weighted by Gasteiger charge is 2.12. The number of esters is 1. The van der Waals surface area contributed by atoms with Crippen molar-refractivity contribution in [1.82, 2.24) is 4.98 Å². The largest absolute Gasteiger partial charge is 0.489 e. The Morgan fingerprint density at radius 2 is 1.62 bits per heavy atom. The zero-order valence-electron chi connectivity index (χ0n) is 15.2. The van der Waals surface area contributed by atoms with Gasteiger partial charge >= 0.3 is 5.97 Å². The van der Waals surface area contributed by atoms with Crippen molar-refractivity contribution in [2.24, 2.45) is 0 Å². The fourth-order valence-electron chi connectivity index (χ4n) is 2.85. The summed E-state index contributed by atoms with van der Waals surface area (Å²) in [6.07, 6.45) is 0. The van der Waals surface area contributed by atoms with Crippen LogP contribution in [0.25, 0.3) is 11.1 Å². The van der Waals surface area contributed by atoms with Gasteiger partial charge in [-0.25, -0.2) is 4.79 Å². The van der Waals surface area contributed by atoms with E-state index in [9.17, 15) is 4.79 Å². The lowest BCUT2D eigenvalue weighted by atomic mass is 9.99. The molecule has 0 fully saturated rings. The molecule has 4 heteroatoms. The minimum atomic E-state index is -0.337. The highest BCUT2D eigenvalue weighted by atomic mass is 16.5. The van der Waals surface area contributed by atoms with Crippen LogP contribution in [0.2, 0.25) is 0 Å². The third-order valence-corrected chi connectivity index (χ3v) is 4.06. The van der Waals surface area contributed by atoms with Crippen molar-refractivity contribution < 1.29 is 14.3 Å². The van der Waals surface area contributed by atoms with E-state index in [2.05, 4.69) is 4.98 Å². The zero-order chi connectivity index (χ0) is 18.5. The maximum Gasteiger partial charge on any atom is 0.338 e. The van der Waals surface area contributed by atoms with Crippen molar-refractivity contribution in [2.45, 2.75) is 20.5 Å². The summed E-state index contributed by atoms with van der Waals surface area (Å²) in [5.74, 6) is 0.478. The van der Waals surface area contributed by atoms with Gasteiger partial charge in [-0.05, 0) is 36.6 Å². The van der Waals surface area contributed by atoms with E-state index in [1.807, 2.05) is 68.4 Å². The quantitative estimate of drug-likeness (QED) is 0.626. The first-order chi connectivity index (χ1) is 12.6. The van der Waals surface area contributed by atoms with Crippen LogP contribution in [0, 0.1) is 13.8 Å². The smallest absolute Gasteiger partial charge is 0.338 e. The predicted molar refractivity (Wildman–Crippen MR) is 101 cm³/mol. The molecular weight excluding hydrogens is 326 g/mol. The molecule has 0 saturated heterocycles. The van der Waals surface area contributed by atoms with Crippen LogP contribution >= 0.6 is 0 Å². The van der Waals surface area contributed by atoms with Gasteiger partial charge in [-0.3, -0.25) is 4.98 Å². The van der Waals surface area contributed by atoms with Gasteiger partial charge in [0.1, 0.15) is 12.4 Å². The van der Waals surface area contributed by atoms with E-state index in [1.54, 1.807) is 6.07 Å². The average molecular weight is 347 g/mol. The van der Waals surface area contributed by atoms with Crippen LogP contribution in [0.3, 0.4) is 0 Å². The monoisotopic (exact) mass is 347 g/mol. The Kier molecular flexibility index (Phi) is 5.32. The van der Waals surface area contributed by atoms with Gasteiger partial charge in [0.05, 0.1) is 12.7 Å². The molecule has 0 spiro atoms. The van der Waals surface area contributed by atoms with E-state index in [4.69, 9.17) is 9.47 Å². The second-order valence-corrected chi connectivity index (χ2v) is 6.11. The Bertz CT molecular complexity index is 897. The van der Waals surface area contributed by atoms with E-state index in [-0.39, 0.29) is 5.97 Å². The third-order valence-electron chi connectivity index (χ3n) is 4.06. The highest BCUT2D eigenvalue weighted by molar-refractivity contribution is 5.97. The number of aromatic nitrogens is 1. The summed E-state index contributed by atoms with van der Waals surface area (Å²) in [6, 6.07) is 19.3. The fourth-order valence-corrected chi connectivity index (χ4v) is 2.85. The molecule has 1 aromatic heterocycles. The lowest BCUT2D eigenvalue weighted by Gasteiger charge is -2.10. The topological polar surface area (TPSA) is 48.4 Å². The van der Waals surface area contributed by atoms with E-state index in [1.165, 1.54) is 7.11 Å². The molecule has 2 aromatic carbocycles. The third kappa shape index (κ3) is 4.09. The number of aryl methyl sites for hydroxylation is 2. The number of hydrogen-bond acceptors (Lipinski definition) is 4. The predicted octanol–water partition coefficient (Wildman–Crippen LogP) is 4.73. The Balaban J connectivity index is 1.76. The lowest BCUT2D eigenvalue weighted by molar-refractivity contribution is 0.0601. The summed E-state index contributed by atoms with van der Waals surface area (Å²) in [5, 5.41) is 0. The molecule has 0 amide bonds. The summed E-state index contributed by atoms with van der Waals surface area (Å²) in [6.45, 7) is 4.38. The Labute approximate surface area is 153 Å². The molecular formula is C22H21NO3. The Morgan fingerprint density at radius 3 is 2.27 bits per heavy atom. The molecule has 0 bridgehead atoms. The number of carbonyl (C=O) groups excluding carboxylic acids is 1. The second kappa shape index (κ2) is 7.83. The molecule has 1 heterocycles. The van der Waals surface area contributed by atoms with Crippen molar-refractivity contribution >= 4 is 5.97 Å². The fraction of sp³-hybridized carbons (Fsp3) is 0.182. The molecule has 0 unspecified atom stereocenters. The van der Waals surface area contributed by atoms with E-state index in [0.29, 0.717) is 12.2 Å². The van der Waals surface area contributed by atoms with E-state index < -0.39 is 0 Å². The molecule has 0 aliphatic heterocycles. The number of pyridine rings is 1. The number of hydrogen-bond donors (Lipinski definition) is 0. The van der Waals surface area contributed by atoms with Crippen molar-refractivity contribution in [3.63, 3.8) is 0 Å². The minimum absolute atomic E-state index is 0.337. The van der Waals surface area contributed by atoms with Gasteiger partial charge in [-0.1, -0.05) is 42.5 Å². The van der Waals surface area contributed by atoms with Crippen LogP contribution in [0.5, 0.6) is 5.75 Å². The molecule has 0 saturated carbocycles. The van der Waals surface area contributed by atoms with Gasteiger partial charge in [0.15, 0.2) is 0 Å². The van der Waals surface area contributed by atoms with E-state index in [0.717, 1.165) is 33.8 Å². The van der Waals surface area contributed by atoms with E-state index >= 15 is 0 Å². The van der Waals surface area contributed by atoms with Crippen LogP contribution in [0.1, 0.15) is 27.3 Å². The molecule has 0 N–H and O–H groups in total. The molecule has 26 heavy (non-hydrogen) atoms. The highest BCUT2D eigenvalue weighted by Crippen LogP contribution is 2.25. The molecule has 0 radical (unpaired) electrons. The van der Waals surface area contributed by atoms with Crippen molar-refractivity contribution in [3.8, 4) is 16.9 Å². The van der Waals surface area contributed by atoms with Gasteiger partial charge in [-0.15, -0.1) is 0 Å². The molecule has 0 aliphatic carbocycles. The van der Waals surface area contributed by atoms with Crippen molar-refractivity contribution in [1.29, 1.82) is 0 Å². The van der Waals surface area contributed by atoms with Gasteiger partial charge in [0.25, 0.3) is 0 Å². The number of rotatable bonds is 5. The van der Waals surface area contributed by atoms with Gasteiger partial charge in [0.2, 0.25) is 0 Å². The molecule has 3 rings (SSSR count). The summed E-state index contributed by atoms with van der Waals surface area (Å²) in [4.78, 5) is 16.3. The number of ether oxygens (including phenoxy) is 2. The van der Waals surface area contributed by atoms with Gasteiger partial charge < -0.3 is 9.47 Å².